The molecule has 0 bridgehead atoms. The van der Waals surface area contributed by atoms with Crippen LogP contribution in [-0.4, -0.2) is 72.8 Å². The van der Waals surface area contributed by atoms with Crippen molar-refractivity contribution in [1.29, 1.82) is 0 Å². The fraction of sp³-hybridized carbons (Fsp3) is 0.960. The van der Waals surface area contributed by atoms with E-state index in [1.807, 2.05) is 0 Å². The monoisotopic (exact) mass is 416 g/mol. The lowest BCUT2D eigenvalue weighted by atomic mass is 9.53. The molecule has 6 fully saturated rings. The number of ether oxygens (including phenoxy) is 2. The zero-order valence-electron chi connectivity index (χ0n) is 18.8. The van der Waals surface area contributed by atoms with Crippen molar-refractivity contribution in [2.24, 2.45) is 23.2 Å². The molecule has 168 valence electrons. The summed E-state index contributed by atoms with van der Waals surface area (Å²) in [4.78, 5) is 18.2. The summed E-state index contributed by atoms with van der Waals surface area (Å²) in [6, 6.07) is 0.773. The molecule has 0 aromatic carbocycles. The minimum absolute atomic E-state index is 0.0869. The van der Waals surface area contributed by atoms with E-state index in [0.717, 1.165) is 45.1 Å². The van der Waals surface area contributed by atoms with Crippen molar-refractivity contribution in [3.05, 3.63) is 0 Å². The van der Waals surface area contributed by atoms with Crippen LogP contribution >= 0.6 is 0 Å². The van der Waals surface area contributed by atoms with Crippen LogP contribution in [-0.2, 0) is 14.3 Å². The first-order chi connectivity index (χ1) is 14.6. The lowest BCUT2D eigenvalue weighted by Gasteiger charge is -2.51. The number of epoxide rings is 1. The van der Waals surface area contributed by atoms with Gasteiger partial charge in [0.15, 0.2) is 0 Å². The highest BCUT2D eigenvalue weighted by Gasteiger charge is 2.65. The van der Waals surface area contributed by atoms with Gasteiger partial charge in [0.1, 0.15) is 6.10 Å². The highest BCUT2D eigenvalue weighted by Crippen LogP contribution is 2.62. The first kappa shape index (κ1) is 20.0. The predicted octanol–water partition coefficient (Wildman–Crippen LogP) is 3.46. The highest BCUT2D eigenvalue weighted by molar-refractivity contribution is 5.75. The van der Waals surface area contributed by atoms with E-state index in [1.54, 1.807) is 0 Å². The second-order valence-electron chi connectivity index (χ2n) is 11.7. The number of carbonyl (C=O) groups is 1. The van der Waals surface area contributed by atoms with E-state index >= 15 is 0 Å². The van der Waals surface area contributed by atoms with Gasteiger partial charge in [0.05, 0.1) is 18.1 Å². The van der Waals surface area contributed by atoms with Crippen molar-refractivity contribution in [1.82, 2.24) is 9.80 Å². The summed E-state index contributed by atoms with van der Waals surface area (Å²) >= 11 is 0. The van der Waals surface area contributed by atoms with Crippen molar-refractivity contribution in [2.75, 3.05) is 39.3 Å². The third-order valence-electron chi connectivity index (χ3n) is 10.00. The summed E-state index contributed by atoms with van der Waals surface area (Å²) in [5.74, 6) is 1.22. The molecule has 4 saturated heterocycles. The van der Waals surface area contributed by atoms with Crippen molar-refractivity contribution in [2.45, 2.75) is 88.9 Å². The molecule has 0 N–H and O–H groups in total. The molecule has 6 rings (SSSR count). The van der Waals surface area contributed by atoms with Gasteiger partial charge < -0.3 is 19.3 Å². The van der Waals surface area contributed by atoms with Crippen LogP contribution in [0.2, 0.25) is 0 Å². The molecule has 0 unspecified atom stereocenters. The smallest absolute Gasteiger partial charge is 0.310 e. The normalized spacial score (nSPS) is 47.7. The average molecular weight is 417 g/mol. The van der Waals surface area contributed by atoms with Gasteiger partial charge in [-0.25, -0.2) is 0 Å². The highest BCUT2D eigenvalue weighted by atomic mass is 16.6. The van der Waals surface area contributed by atoms with Crippen LogP contribution in [0, 0.1) is 23.2 Å². The Morgan fingerprint density at radius 1 is 1.03 bits per heavy atom. The Labute approximate surface area is 181 Å². The standard InChI is InChI=1S/C25H40N2O3/c1-24-8-5-9-25(17-29-25)22(24)14-19-20(23(28)30-21(19)15-24)16-26-12-6-18(7-13-26)27-10-3-2-4-11-27/h18-22H,2-17H2,1H3/t19-,20+,21-,22-,24-,25+/m1/s1. The second kappa shape index (κ2) is 7.45. The van der Waals surface area contributed by atoms with Gasteiger partial charge in [-0.3, -0.25) is 4.79 Å². The summed E-state index contributed by atoms with van der Waals surface area (Å²) in [5, 5.41) is 0. The summed E-state index contributed by atoms with van der Waals surface area (Å²) in [7, 11) is 0. The molecule has 0 radical (unpaired) electrons. The van der Waals surface area contributed by atoms with Crippen LogP contribution in [0.1, 0.15) is 71.1 Å². The molecule has 1 spiro atoms. The number of rotatable bonds is 3. The Morgan fingerprint density at radius 2 is 1.80 bits per heavy atom. The molecule has 4 heterocycles. The van der Waals surface area contributed by atoms with Crippen LogP contribution in [0.5, 0.6) is 0 Å². The molecular formula is C25H40N2O3. The van der Waals surface area contributed by atoms with Gasteiger partial charge >= 0.3 is 5.97 Å². The van der Waals surface area contributed by atoms with E-state index in [-0.39, 0.29) is 23.6 Å². The van der Waals surface area contributed by atoms with Crippen molar-refractivity contribution in [3.8, 4) is 0 Å². The average Bonchev–Trinajstić information content (AvgIpc) is 3.46. The summed E-state index contributed by atoms with van der Waals surface area (Å²) in [6.45, 7) is 9.22. The third kappa shape index (κ3) is 3.34. The first-order valence-electron chi connectivity index (χ1n) is 12.9. The Balaban J connectivity index is 1.10. The van der Waals surface area contributed by atoms with Crippen molar-refractivity contribution < 1.29 is 14.3 Å². The zero-order chi connectivity index (χ0) is 20.3. The fourth-order valence-corrected chi connectivity index (χ4v) is 8.19. The quantitative estimate of drug-likeness (QED) is 0.521. The number of fused-ring (bicyclic) bond motifs is 3. The number of piperidine rings is 2. The number of nitrogens with zero attached hydrogens (tertiary/aromatic N) is 2. The maximum Gasteiger partial charge on any atom is 0.310 e. The third-order valence-corrected chi connectivity index (χ3v) is 10.00. The van der Waals surface area contributed by atoms with Crippen molar-refractivity contribution >= 4 is 5.97 Å². The number of likely N-dealkylation sites (tertiary alicyclic amines) is 2. The lowest BCUT2D eigenvalue weighted by molar-refractivity contribution is -0.147. The summed E-state index contributed by atoms with van der Waals surface area (Å²) < 4.78 is 12.1. The largest absolute Gasteiger partial charge is 0.462 e. The molecule has 0 amide bonds. The Bertz CT molecular complexity index is 665. The molecule has 2 aliphatic carbocycles. The van der Waals surface area contributed by atoms with E-state index in [4.69, 9.17) is 9.47 Å². The van der Waals surface area contributed by atoms with Gasteiger partial charge in [-0.15, -0.1) is 0 Å². The molecule has 4 aliphatic heterocycles. The minimum Gasteiger partial charge on any atom is -0.462 e. The van der Waals surface area contributed by atoms with Crippen LogP contribution in [0.25, 0.3) is 0 Å². The van der Waals surface area contributed by atoms with E-state index in [1.165, 1.54) is 64.5 Å². The number of carbonyl (C=O) groups excluding carboxylic acids is 1. The number of esters is 1. The minimum atomic E-state index is 0.0869. The van der Waals surface area contributed by atoms with Gasteiger partial charge in [-0.2, -0.15) is 0 Å². The zero-order valence-corrected chi connectivity index (χ0v) is 18.8. The van der Waals surface area contributed by atoms with Crippen LogP contribution in [0.4, 0.5) is 0 Å². The SMILES string of the molecule is C[C@]12CCC[C@]3(CO3)[C@@H]1C[C@@H]1[C@H](CN3CCC(N4CCCCC4)CC3)C(=O)O[C@@H]1C2. The first-order valence-corrected chi connectivity index (χ1v) is 12.9. The van der Waals surface area contributed by atoms with E-state index in [9.17, 15) is 4.79 Å². The number of hydrogen-bond acceptors (Lipinski definition) is 5. The second-order valence-corrected chi connectivity index (χ2v) is 11.7. The molecule has 6 atom stereocenters. The van der Waals surface area contributed by atoms with Gasteiger partial charge in [0.2, 0.25) is 0 Å². The maximum atomic E-state index is 12.9. The topological polar surface area (TPSA) is 45.3 Å². The molecule has 0 aromatic heterocycles. The lowest BCUT2D eigenvalue weighted by Crippen LogP contribution is -2.52. The van der Waals surface area contributed by atoms with Crippen LogP contribution in [0.15, 0.2) is 0 Å². The fourth-order valence-electron chi connectivity index (χ4n) is 8.19. The molecule has 5 nitrogen and oxygen atoms in total. The molecule has 6 aliphatic rings. The van der Waals surface area contributed by atoms with Crippen LogP contribution in [0.3, 0.4) is 0 Å². The summed E-state index contributed by atoms with van der Waals surface area (Å²) in [6.07, 6.45) is 12.8. The predicted molar refractivity (Wildman–Crippen MR) is 115 cm³/mol. The molecule has 30 heavy (non-hydrogen) atoms. The van der Waals surface area contributed by atoms with Gasteiger partial charge in [-0.05, 0) is 95.3 Å². The van der Waals surface area contributed by atoms with Gasteiger partial charge in [0.25, 0.3) is 0 Å². The number of hydrogen-bond donors (Lipinski definition) is 0. The van der Waals surface area contributed by atoms with E-state index in [0.29, 0.717) is 17.3 Å². The van der Waals surface area contributed by atoms with E-state index in [2.05, 4.69) is 16.7 Å². The Hall–Kier alpha value is -0.650. The molecule has 5 heteroatoms. The van der Waals surface area contributed by atoms with Crippen molar-refractivity contribution in [3.63, 3.8) is 0 Å². The van der Waals surface area contributed by atoms with Gasteiger partial charge in [-0.1, -0.05) is 13.3 Å². The maximum absolute atomic E-state index is 12.9. The van der Waals surface area contributed by atoms with Crippen LogP contribution < -0.4 is 0 Å². The molecule has 0 aromatic rings. The Morgan fingerprint density at radius 3 is 2.53 bits per heavy atom. The van der Waals surface area contributed by atoms with Gasteiger partial charge in [0, 0.05) is 18.5 Å². The molecular weight excluding hydrogens is 376 g/mol. The Kier molecular flexibility index (Phi) is 4.97. The summed E-state index contributed by atoms with van der Waals surface area (Å²) in [5.41, 5.74) is 0.457. The molecule has 2 saturated carbocycles. The van der Waals surface area contributed by atoms with E-state index < -0.39 is 0 Å².